The van der Waals surface area contributed by atoms with Crippen molar-refractivity contribution in [3.8, 4) is 0 Å². The Morgan fingerprint density at radius 3 is 0.924 bits per heavy atom. The number of hydrogen-bond acceptors (Lipinski definition) is 3. The summed E-state index contributed by atoms with van der Waals surface area (Å²) in [7, 11) is 0. The van der Waals surface area contributed by atoms with E-state index in [1.54, 1.807) is 0 Å². The predicted molar refractivity (Wildman–Crippen MR) is 295 cm³/mol. The van der Waals surface area contributed by atoms with Gasteiger partial charge in [-0.1, -0.05) is 314 Å². The fourth-order valence-electron chi connectivity index (χ4n) is 9.55. The van der Waals surface area contributed by atoms with Crippen molar-refractivity contribution in [2.75, 3.05) is 6.61 Å². The van der Waals surface area contributed by atoms with E-state index in [0.29, 0.717) is 12.8 Å². The fraction of sp³-hybridized carbons (Fsp3) is 0.887. The van der Waals surface area contributed by atoms with Crippen molar-refractivity contribution >= 4 is 5.91 Å². The minimum Gasteiger partial charge on any atom is -0.394 e. The number of amides is 1. The summed E-state index contributed by atoms with van der Waals surface area (Å²) in [4.78, 5) is 12.5. The first kappa shape index (κ1) is 64.6. The van der Waals surface area contributed by atoms with Crippen molar-refractivity contribution in [2.24, 2.45) is 0 Å². The zero-order chi connectivity index (χ0) is 47.7. The third-order valence-electron chi connectivity index (χ3n) is 14.2. The number of aliphatic hydroxyl groups is 2. The van der Waals surface area contributed by atoms with E-state index in [4.69, 9.17) is 0 Å². The number of aliphatic hydroxyl groups excluding tert-OH is 2. The summed E-state index contributed by atoms with van der Waals surface area (Å²) in [5, 5.41) is 23.3. The maximum Gasteiger partial charge on any atom is 0.220 e. The number of carbonyl (C=O) groups excluding carboxylic acids is 1. The van der Waals surface area contributed by atoms with Crippen LogP contribution in [0.4, 0.5) is 0 Å². The molecule has 0 aliphatic heterocycles. The van der Waals surface area contributed by atoms with E-state index in [9.17, 15) is 15.0 Å². The average molecular weight is 927 g/mol. The third kappa shape index (κ3) is 53.6. The van der Waals surface area contributed by atoms with Crippen LogP contribution in [0.3, 0.4) is 0 Å². The second-order valence-electron chi connectivity index (χ2n) is 20.8. The van der Waals surface area contributed by atoms with Crippen LogP contribution in [0.1, 0.15) is 335 Å². The van der Waals surface area contributed by atoms with Crippen LogP contribution in [-0.2, 0) is 4.79 Å². The molecule has 0 aromatic carbocycles. The van der Waals surface area contributed by atoms with E-state index in [0.717, 1.165) is 38.5 Å². The van der Waals surface area contributed by atoms with Gasteiger partial charge in [0.25, 0.3) is 0 Å². The van der Waals surface area contributed by atoms with Crippen LogP contribution in [0.15, 0.2) is 36.5 Å². The van der Waals surface area contributed by atoms with E-state index in [1.165, 1.54) is 270 Å². The Morgan fingerprint density at radius 1 is 0.364 bits per heavy atom. The van der Waals surface area contributed by atoms with Gasteiger partial charge < -0.3 is 15.5 Å². The van der Waals surface area contributed by atoms with Crippen molar-refractivity contribution in [2.45, 2.75) is 347 Å². The van der Waals surface area contributed by atoms with Crippen LogP contribution in [0.2, 0.25) is 0 Å². The lowest BCUT2D eigenvalue weighted by atomic mass is 10.0. The van der Waals surface area contributed by atoms with Gasteiger partial charge in [-0.3, -0.25) is 4.79 Å². The molecule has 4 heteroatoms. The van der Waals surface area contributed by atoms with E-state index < -0.39 is 12.1 Å². The number of unbranched alkanes of at least 4 members (excludes halogenated alkanes) is 43. The quantitative estimate of drug-likeness (QED) is 0.0420. The van der Waals surface area contributed by atoms with Crippen LogP contribution < -0.4 is 5.32 Å². The van der Waals surface area contributed by atoms with Gasteiger partial charge in [-0.05, 0) is 51.4 Å². The highest BCUT2D eigenvalue weighted by Crippen LogP contribution is 2.18. The second kappa shape index (κ2) is 57.9. The monoisotopic (exact) mass is 926 g/mol. The molecule has 0 saturated carbocycles. The molecule has 0 aromatic rings. The maximum atomic E-state index is 12.5. The van der Waals surface area contributed by atoms with Crippen molar-refractivity contribution in [1.82, 2.24) is 5.32 Å². The van der Waals surface area contributed by atoms with Gasteiger partial charge in [0.1, 0.15) is 0 Å². The zero-order valence-electron chi connectivity index (χ0n) is 45.0. The average Bonchev–Trinajstić information content (AvgIpc) is 3.32. The lowest BCUT2D eigenvalue weighted by Gasteiger charge is -2.22. The van der Waals surface area contributed by atoms with Crippen molar-refractivity contribution < 1.29 is 15.0 Å². The van der Waals surface area contributed by atoms with Gasteiger partial charge >= 0.3 is 0 Å². The molecule has 0 aromatic heterocycles. The molecule has 0 saturated heterocycles. The summed E-state index contributed by atoms with van der Waals surface area (Å²) in [6.07, 6.45) is 78.7. The first-order valence-electron chi connectivity index (χ1n) is 30.2. The fourth-order valence-corrected chi connectivity index (χ4v) is 9.55. The molecule has 4 nitrogen and oxygen atoms in total. The predicted octanol–water partition coefficient (Wildman–Crippen LogP) is 20.0. The molecule has 66 heavy (non-hydrogen) atoms. The molecule has 1 amide bonds. The molecular formula is C62H119NO3. The van der Waals surface area contributed by atoms with Gasteiger partial charge in [0.05, 0.1) is 18.8 Å². The zero-order valence-corrected chi connectivity index (χ0v) is 45.0. The van der Waals surface area contributed by atoms with Gasteiger partial charge in [-0.15, -0.1) is 0 Å². The Morgan fingerprint density at radius 2 is 0.621 bits per heavy atom. The van der Waals surface area contributed by atoms with Crippen molar-refractivity contribution in [3.05, 3.63) is 36.5 Å². The van der Waals surface area contributed by atoms with Crippen LogP contribution in [0.25, 0.3) is 0 Å². The molecule has 0 spiro atoms. The normalized spacial score (nSPS) is 13.0. The highest BCUT2D eigenvalue weighted by atomic mass is 16.3. The number of hydrogen-bond donors (Lipinski definition) is 3. The summed E-state index contributed by atoms with van der Waals surface area (Å²) in [6, 6.07) is -0.533. The van der Waals surface area contributed by atoms with Crippen molar-refractivity contribution in [1.29, 1.82) is 0 Å². The second-order valence-corrected chi connectivity index (χ2v) is 20.8. The smallest absolute Gasteiger partial charge is 0.220 e. The molecule has 0 aliphatic rings. The SMILES string of the molecule is CCCCCCC/C=C\C/C=C\C/C=C\CCCCCCCCCCCCCCCCCCCCCCCCCCC(=O)NC(CO)C(O)CCCCCCCCCCCCCCCCC. The van der Waals surface area contributed by atoms with Gasteiger partial charge in [-0.2, -0.15) is 0 Å². The molecule has 0 heterocycles. The number of allylic oxidation sites excluding steroid dienone is 6. The molecule has 2 atom stereocenters. The van der Waals surface area contributed by atoms with Crippen LogP contribution >= 0.6 is 0 Å². The van der Waals surface area contributed by atoms with Crippen LogP contribution in [-0.4, -0.2) is 34.9 Å². The van der Waals surface area contributed by atoms with Gasteiger partial charge in [-0.25, -0.2) is 0 Å². The minimum absolute atomic E-state index is 0.0252. The van der Waals surface area contributed by atoms with Gasteiger partial charge in [0, 0.05) is 6.42 Å². The molecule has 0 radical (unpaired) electrons. The number of nitrogens with one attached hydrogen (secondary N) is 1. The standard InChI is InChI=1S/C62H119NO3/c1-3-5-7-9-11-13-15-17-19-20-21-22-23-24-25-26-27-28-29-30-31-32-33-34-35-36-37-38-39-40-41-42-44-46-48-50-52-54-56-58-62(66)63-60(59-64)61(65)57-55-53-51-49-47-45-43-18-16-14-12-10-8-6-4-2/h15,17,20-21,23-24,60-61,64-65H,3-14,16,18-19,22,25-59H2,1-2H3,(H,63,66)/b17-15-,21-20-,24-23-. The lowest BCUT2D eigenvalue weighted by Crippen LogP contribution is -2.45. The summed E-state index contributed by atoms with van der Waals surface area (Å²) < 4.78 is 0. The molecule has 0 bridgehead atoms. The summed E-state index contributed by atoms with van der Waals surface area (Å²) >= 11 is 0. The van der Waals surface area contributed by atoms with E-state index in [-0.39, 0.29) is 12.5 Å². The molecule has 390 valence electrons. The highest BCUT2D eigenvalue weighted by molar-refractivity contribution is 5.76. The molecule has 2 unspecified atom stereocenters. The summed E-state index contributed by atoms with van der Waals surface area (Å²) in [5.74, 6) is -0.0252. The Kier molecular flexibility index (Phi) is 56.7. The largest absolute Gasteiger partial charge is 0.394 e. The Hall–Kier alpha value is -1.39. The van der Waals surface area contributed by atoms with E-state index in [1.807, 2.05) is 0 Å². The third-order valence-corrected chi connectivity index (χ3v) is 14.2. The first-order chi connectivity index (χ1) is 32.7. The van der Waals surface area contributed by atoms with Crippen LogP contribution in [0.5, 0.6) is 0 Å². The Bertz CT molecular complexity index is 1010. The van der Waals surface area contributed by atoms with Gasteiger partial charge in [0.15, 0.2) is 0 Å². The topological polar surface area (TPSA) is 69.6 Å². The molecule has 0 fully saturated rings. The molecular weight excluding hydrogens is 807 g/mol. The molecule has 0 aliphatic carbocycles. The minimum atomic E-state index is -0.657. The summed E-state index contributed by atoms with van der Waals surface area (Å²) in [5.41, 5.74) is 0. The van der Waals surface area contributed by atoms with Crippen LogP contribution in [0, 0.1) is 0 Å². The maximum absolute atomic E-state index is 12.5. The van der Waals surface area contributed by atoms with E-state index >= 15 is 0 Å². The van der Waals surface area contributed by atoms with Gasteiger partial charge in [0.2, 0.25) is 5.91 Å². The lowest BCUT2D eigenvalue weighted by molar-refractivity contribution is -0.123. The molecule has 0 rings (SSSR count). The van der Waals surface area contributed by atoms with Crippen molar-refractivity contribution in [3.63, 3.8) is 0 Å². The number of carbonyl (C=O) groups is 1. The highest BCUT2D eigenvalue weighted by Gasteiger charge is 2.20. The summed E-state index contributed by atoms with van der Waals surface area (Å²) in [6.45, 7) is 4.37. The molecule has 3 N–H and O–H groups in total. The number of rotatable bonds is 56. The Labute approximate surface area is 414 Å². The Balaban J connectivity index is 3.37. The first-order valence-corrected chi connectivity index (χ1v) is 30.2. The van der Waals surface area contributed by atoms with E-state index in [2.05, 4.69) is 55.6 Å².